The summed E-state index contributed by atoms with van der Waals surface area (Å²) in [7, 11) is 0. The van der Waals surface area contributed by atoms with Crippen molar-refractivity contribution >= 4 is 34.7 Å². The summed E-state index contributed by atoms with van der Waals surface area (Å²) >= 11 is 1.35. The minimum absolute atomic E-state index is 0.0489. The lowest BCUT2D eigenvalue weighted by atomic mass is 9.91. The van der Waals surface area contributed by atoms with E-state index in [1.807, 2.05) is 97.1 Å². The maximum atomic E-state index is 12.9. The summed E-state index contributed by atoms with van der Waals surface area (Å²) < 4.78 is 13.2. The third-order valence-electron chi connectivity index (χ3n) is 9.09. The van der Waals surface area contributed by atoms with E-state index in [9.17, 15) is 19.8 Å². The summed E-state index contributed by atoms with van der Waals surface area (Å²) in [6.07, 6.45) is 1.79. The Kier molecular flexibility index (Phi) is 10.6. The number of carboxylic acids is 1. The van der Waals surface area contributed by atoms with Gasteiger partial charge in [0, 0.05) is 30.0 Å². The molecule has 6 aromatic rings. The number of hydrogen-bond donors (Lipinski definition) is 3. The minimum atomic E-state index is -1.03. The molecule has 0 spiro atoms. The van der Waals surface area contributed by atoms with E-state index in [4.69, 9.17) is 9.47 Å². The zero-order chi connectivity index (χ0) is 36.0. The van der Waals surface area contributed by atoms with Gasteiger partial charge in [-0.2, -0.15) is 0 Å². The summed E-state index contributed by atoms with van der Waals surface area (Å²) in [6, 6.07) is 34.3. The molecule has 1 saturated heterocycles. The first kappa shape index (κ1) is 35.0. The van der Waals surface area contributed by atoms with Crippen molar-refractivity contribution in [2.45, 2.75) is 43.6 Å². The number of amides is 1. The van der Waals surface area contributed by atoms with Crippen LogP contribution >= 0.6 is 11.8 Å². The molecule has 0 aliphatic carbocycles. The lowest BCUT2D eigenvalue weighted by Gasteiger charge is -2.41. The molecule has 1 aliphatic heterocycles. The Morgan fingerprint density at radius 3 is 2.35 bits per heavy atom. The lowest BCUT2D eigenvalue weighted by molar-refractivity contribution is -0.268. The highest BCUT2D eigenvalue weighted by molar-refractivity contribution is 7.99. The number of aromatic carboxylic acids is 1. The van der Waals surface area contributed by atoms with Crippen molar-refractivity contribution in [1.29, 1.82) is 0 Å². The van der Waals surface area contributed by atoms with E-state index >= 15 is 0 Å². The number of rotatable bonds is 11. The van der Waals surface area contributed by atoms with Gasteiger partial charge in [0.2, 0.25) is 0 Å². The maximum absolute atomic E-state index is 12.9. The molecule has 11 heteroatoms. The van der Waals surface area contributed by atoms with E-state index in [0.29, 0.717) is 22.8 Å². The van der Waals surface area contributed by atoms with E-state index in [-0.39, 0.29) is 41.9 Å². The van der Waals surface area contributed by atoms with Crippen molar-refractivity contribution in [2.24, 2.45) is 5.92 Å². The molecule has 0 unspecified atom stereocenters. The Bertz CT molecular complexity index is 2200. The molecule has 2 aromatic heterocycles. The Morgan fingerprint density at radius 2 is 1.58 bits per heavy atom. The molecule has 3 heterocycles. The second-order valence-corrected chi connectivity index (χ2v) is 13.6. The number of carbonyl (C=O) groups excluding carboxylic acids is 1. The summed E-state index contributed by atoms with van der Waals surface area (Å²) in [5.74, 6) is -0.922. The quantitative estimate of drug-likeness (QED) is 0.116. The number of carboxylic acid groups (broad SMARTS) is 1. The number of nitrogens with zero attached hydrogens (tertiary/aromatic N) is 3. The standard InChI is InChI=1S/C41H36N4O6S/c1-25-36(24-52-39-32(40(48)49)8-5-19-42-39)50-41(51-37(25)29-13-11-26(23-46)12-14-29)30-17-15-28(16-18-30)31-7-4-6-27(20-31)21-44-38(47)35-22-43-33-9-2-3-10-34(33)45-35/h2-20,22,25,36-37,41,46H,21,23-24H2,1H3,(H,44,47)(H,48,49)/t25-,36+,37+,41+/m0/s1. The molecule has 4 aromatic carbocycles. The number of carbonyl (C=O) groups is 2. The number of aliphatic hydroxyl groups excluding tert-OH is 1. The lowest BCUT2D eigenvalue weighted by Crippen LogP contribution is -2.38. The Labute approximate surface area is 304 Å². The van der Waals surface area contributed by atoms with Crippen LogP contribution in [-0.4, -0.2) is 48.9 Å². The number of pyridine rings is 1. The van der Waals surface area contributed by atoms with Crippen LogP contribution in [0.3, 0.4) is 0 Å². The molecular formula is C41H36N4O6S. The number of aromatic nitrogens is 3. The number of hydrogen-bond acceptors (Lipinski definition) is 9. The van der Waals surface area contributed by atoms with Gasteiger partial charge in [-0.05, 0) is 58.1 Å². The van der Waals surface area contributed by atoms with Gasteiger partial charge in [-0.15, -0.1) is 11.8 Å². The highest BCUT2D eigenvalue weighted by Crippen LogP contribution is 2.43. The second kappa shape index (κ2) is 15.8. The molecule has 0 bridgehead atoms. The van der Waals surface area contributed by atoms with Crippen LogP contribution in [0.4, 0.5) is 0 Å². The van der Waals surface area contributed by atoms with Crippen LogP contribution in [0.2, 0.25) is 0 Å². The molecule has 4 atom stereocenters. The van der Waals surface area contributed by atoms with Crippen molar-refractivity contribution in [3.05, 3.63) is 155 Å². The van der Waals surface area contributed by atoms with Crippen LogP contribution in [0, 0.1) is 5.92 Å². The van der Waals surface area contributed by atoms with Crippen molar-refractivity contribution in [3.63, 3.8) is 0 Å². The van der Waals surface area contributed by atoms with Crippen LogP contribution < -0.4 is 5.32 Å². The van der Waals surface area contributed by atoms with Crippen LogP contribution in [0.5, 0.6) is 0 Å². The molecule has 1 aliphatic rings. The normalized spacial score (nSPS) is 18.6. The monoisotopic (exact) mass is 712 g/mol. The highest BCUT2D eigenvalue weighted by Gasteiger charge is 2.38. The summed E-state index contributed by atoms with van der Waals surface area (Å²) in [5.41, 5.74) is 7.34. The van der Waals surface area contributed by atoms with Gasteiger partial charge in [-0.3, -0.25) is 9.78 Å². The number of ether oxygens (including phenoxy) is 2. The fraction of sp³-hybridized carbons (Fsp3) is 0.195. The van der Waals surface area contributed by atoms with Crippen LogP contribution in [-0.2, 0) is 22.6 Å². The van der Waals surface area contributed by atoms with E-state index < -0.39 is 12.3 Å². The third kappa shape index (κ3) is 7.88. The average Bonchev–Trinajstić information content (AvgIpc) is 3.19. The molecule has 1 amide bonds. The van der Waals surface area contributed by atoms with E-state index in [0.717, 1.165) is 38.9 Å². The van der Waals surface area contributed by atoms with E-state index in [1.165, 1.54) is 18.0 Å². The number of thioether (sulfide) groups is 1. The number of nitrogens with one attached hydrogen (secondary N) is 1. The van der Waals surface area contributed by atoms with Gasteiger partial charge < -0.3 is 25.0 Å². The van der Waals surface area contributed by atoms with Gasteiger partial charge in [0.15, 0.2) is 6.29 Å². The molecule has 52 heavy (non-hydrogen) atoms. The minimum Gasteiger partial charge on any atom is -0.478 e. The number of fused-ring (bicyclic) bond motifs is 1. The predicted octanol–water partition coefficient (Wildman–Crippen LogP) is 7.40. The largest absolute Gasteiger partial charge is 0.478 e. The number of aliphatic hydroxyl groups is 1. The first-order chi connectivity index (χ1) is 25.4. The van der Waals surface area contributed by atoms with Crippen molar-refractivity contribution < 1.29 is 29.3 Å². The zero-order valence-electron chi connectivity index (χ0n) is 28.3. The van der Waals surface area contributed by atoms with Gasteiger partial charge in [0.1, 0.15) is 10.7 Å². The van der Waals surface area contributed by atoms with Crippen molar-refractivity contribution in [2.75, 3.05) is 5.75 Å². The predicted molar refractivity (Wildman–Crippen MR) is 197 cm³/mol. The molecule has 0 saturated carbocycles. The SMILES string of the molecule is C[C@H]1[C@@H](CSc2ncccc2C(=O)O)O[C@@H](c2ccc(-c3cccc(CNC(=O)c4cnc5ccccc5n4)c3)cc2)O[C@H]1c1ccc(CO)cc1. The van der Waals surface area contributed by atoms with Gasteiger partial charge in [0.05, 0.1) is 41.6 Å². The maximum Gasteiger partial charge on any atom is 0.338 e. The van der Waals surface area contributed by atoms with Crippen LogP contribution in [0.1, 0.15) is 62.4 Å². The summed E-state index contributed by atoms with van der Waals surface area (Å²) in [5, 5.41) is 22.6. The Balaban J connectivity index is 1.07. The average molecular weight is 713 g/mol. The van der Waals surface area contributed by atoms with Crippen molar-refractivity contribution in [3.8, 4) is 11.1 Å². The van der Waals surface area contributed by atoms with Gasteiger partial charge in [-0.1, -0.05) is 85.8 Å². The first-order valence-electron chi connectivity index (χ1n) is 16.9. The Morgan fingerprint density at radius 1 is 0.808 bits per heavy atom. The molecular weight excluding hydrogens is 677 g/mol. The molecule has 262 valence electrons. The Hall–Kier alpha value is -5.46. The highest BCUT2D eigenvalue weighted by atomic mass is 32.2. The van der Waals surface area contributed by atoms with Crippen LogP contribution in [0.15, 0.2) is 127 Å². The second-order valence-electron chi connectivity index (χ2n) is 12.5. The zero-order valence-corrected chi connectivity index (χ0v) is 29.1. The van der Waals surface area contributed by atoms with E-state index in [2.05, 4.69) is 27.2 Å². The fourth-order valence-electron chi connectivity index (χ4n) is 6.17. The van der Waals surface area contributed by atoms with Crippen molar-refractivity contribution in [1.82, 2.24) is 20.3 Å². The summed E-state index contributed by atoms with van der Waals surface area (Å²) in [6.45, 7) is 2.34. The fourth-order valence-corrected chi connectivity index (χ4v) is 7.32. The summed E-state index contributed by atoms with van der Waals surface area (Å²) in [4.78, 5) is 37.8. The smallest absolute Gasteiger partial charge is 0.338 e. The molecule has 0 radical (unpaired) electrons. The molecule has 7 rings (SSSR count). The van der Waals surface area contributed by atoms with Gasteiger partial charge in [-0.25, -0.2) is 14.8 Å². The topological polar surface area (TPSA) is 144 Å². The van der Waals surface area contributed by atoms with Gasteiger partial charge in [0.25, 0.3) is 5.91 Å². The molecule has 1 fully saturated rings. The number of para-hydroxylation sites is 2. The first-order valence-corrected chi connectivity index (χ1v) is 17.9. The molecule has 10 nitrogen and oxygen atoms in total. The number of benzene rings is 4. The van der Waals surface area contributed by atoms with E-state index in [1.54, 1.807) is 18.3 Å². The third-order valence-corrected chi connectivity index (χ3v) is 10.2. The van der Waals surface area contributed by atoms with Gasteiger partial charge >= 0.3 is 5.97 Å². The van der Waals surface area contributed by atoms with Crippen LogP contribution in [0.25, 0.3) is 22.2 Å². The molecule has 3 N–H and O–H groups in total.